The average molecular weight is 228 g/mol. The monoisotopic (exact) mass is 228 g/mol. The van der Waals surface area contributed by atoms with E-state index >= 15 is 0 Å². The van der Waals surface area contributed by atoms with Gasteiger partial charge in [0.1, 0.15) is 0 Å². The molecule has 0 aromatic carbocycles. The number of nitrogens with zero attached hydrogens (tertiary/aromatic N) is 1. The molecule has 1 atom stereocenters. The van der Waals surface area contributed by atoms with Crippen LogP contribution in [0.2, 0.25) is 0 Å². The lowest BCUT2D eigenvalue weighted by atomic mass is 9.75. The van der Waals surface area contributed by atoms with E-state index in [0.717, 1.165) is 18.9 Å². The maximum absolute atomic E-state index is 9.42. The van der Waals surface area contributed by atoms with Crippen molar-refractivity contribution in [3.63, 3.8) is 0 Å². The van der Waals surface area contributed by atoms with E-state index in [0.29, 0.717) is 12.0 Å². The Morgan fingerprint density at radius 1 is 1.31 bits per heavy atom. The van der Waals surface area contributed by atoms with E-state index in [2.05, 4.69) is 25.7 Å². The van der Waals surface area contributed by atoms with Gasteiger partial charge in [-0.1, -0.05) is 20.8 Å². The van der Waals surface area contributed by atoms with Crippen LogP contribution in [0.25, 0.3) is 0 Å². The van der Waals surface area contributed by atoms with Crippen molar-refractivity contribution in [1.82, 2.24) is 4.90 Å². The molecule has 0 aliphatic carbocycles. The summed E-state index contributed by atoms with van der Waals surface area (Å²) < 4.78 is 0. The highest BCUT2D eigenvalue weighted by Gasteiger charge is 2.28. The number of nitrogens with two attached hydrogens (primary N) is 1. The van der Waals surface area contributed by atoms with E-state index in [1.165, 1.54) is 25.9 Å². The molecule has 96 valence electrons. The summed E-state index contributed by atoms with van der Waals surface area (Å²) in [5, 5.41) is 9.42. The smallest absolute Gasteiger partial charge is 0.0674 e. The highest BCUT2D eigenvalue weighted by Crippen LogP contribution is 2.34. The van der Waals surface area contributed by atoms with Gasteiger partial charge in [0.15, 0.2) is 0 Å². The Kier molecular flexibility index (Phi) is 5.22. The van der Waals surface area contributed by atoms with Gasteiger partial charge >= 0.3 is 0 Å². The van der Waals surface area contributed by atoms with Crippen LogP contribution < -0.4 is 5.73 Å². The molecule has 1 fully saturated rings. The first-order chi connectivity index (χ1) is 7.43. The van der Waals surface area contributed by atoms with Crippen molar-refractivity contribution in [3.05, 3.63) is 0 Å². The fourth-order valence-electron chi connectivity index (χ4n) is 2.47. The summed E-state index contributed by atoms with van der Waals surface area (Å²) in [7, 11) is 0. The molecule has 1 aliphatic rings. The third-order valence-electron chi connectivity index (χ3n) is 3.86. The Balaban J connectivity index is 2.22. The predicted octanol–water partition coefficient (Wildman–Crippen LogP) is 1.45. The minimum Gasteiger partial charge on any atom is -0.392 e. The summed E-state index contributed by atoms with van der Waals surface area (Å²) in [6, 6.07) is 0. The van der Waals surface area contributed by atoms with Crippen molar-refractivity contribution in [1.29, 1.82) is 0 Å². The molecule has 0 saturated carbocycles. The van der Waals surface area contributed by atoms with Crippen LogP contribution >= 0.6 is 0 Å². The molecule has 0 radical (unpaired) electrons. The van der Waals surface area contributed by atoms with Crippen molar-refractivity contribution in [2.24, 2.45) is 17.1 Å². The Hall–Kier alpha value is -0.120. The predicted molar refractivity (Wildman–Crippen MR) is 68.3 cm³/mol. The fraction of sp³-hybridized carbons (Fsp3) is 1.00. The van der Waals surface area contributed by atoms with E-state index in [9.17, 15) is 5.11 Å². The maximum atomic E-state index is 9.42. The SMILES string of the molecule is CC(C)(C)C1CCN(CCC(O)CN)CC1. The van der Waals surface area contributed by atoms with Crippen molar-refractivity contribution in [2.45, 2.75) is 46.1 Å². The molecule has 1 saturated heterocycles. The number of aliphatic hydroxyl groups is 1. The second-order valence-electron chi connectivity index (χ2n) is 6.16. The second kappa shape index (κ2) is 5.99. The fourth-order valence-corrected chi connectivity index (χ4v) is 2.47. The zero-order valence-electron chi connectivity index (χ0n) is 11.1. The molecule has 1 aliphatic heterocycles. The zero-order valence-corrected chi connectivity index (χ0v) is 11.1. The quantitative estimate of drug-likeness (QED) is 0.766. The number of hydrogen-bond donors (Lipinski definition) is 2. The molecule has 0 bridgehead atoms. The van der Waals surface area contributed by atoms with Crippen LogP contribution in [0.15, 0.2) is 0 Å². The molecule has 3 nitrogen and oxygen atoms in total. The Morgan fingerprint density at radius 2 is 1.88 bits per heavy atom. The van der Waals surface area contributed by atoms with Gasteiger partial charge < -0.3 is 15.7 Å². The number of aliphatic hydroxyl groups excluding tert-OH is 1. The summed E-state index contributed by atoms with van der Waals surface area (Å²) in [6.07, 6.45) is 3.08. The standard InChI is InChI=1S/C13H28N2O/c1-13(2,3)11-4-7-15(8-5-11)9-6-12(16)10-14/h11-12,16H,4-10,14H2,1-3H3. The topological polar surface area (TPSA) is 49.5 Å². The molecule has 0 aromatic heterocycles. The Bertz CT molecular complexity index is 193. The first-order valence-electron chi connectivity index (χ1n) is 6.54. The van der Waals surface area contributed by atoms with Gasteiger partial charge in [0.05, 0.1) is 6.10 Å². The van der Waals surface area contributed by atoms with Crippen LogP contribution in [0.3, 0.4) is 0 Å². The number of piperidine rings is 1. The minimum absolute atomic E-state index is 0.319. The molecule has 3 heteroatoms. The third-order valence-corrected chi connectivity index (χ3v) is 3.86. The molecule has 0 aromatic rings. The van der Waals surface area contributed by atoms with Crippen LogP contribution in [-0.2, 0) is 0 Å². The molecular formula is C13H28N2O. The van der Waals surface area contributed by atoms with Gasteiger partial charge in [0, 0.05) is 13.1 Å². The van der Waals surface area contributed by atoms with Crippen molar-refractivity contribution < 1.29 is 5.11 Å². The van der Waals surface area contributed by atoms with Crippen LogP contribution in [0, 0.1) is 11.3 Å². The van der Waals surface area contributed by atoms with E-state index in [4.69, 9.17) is 5.73 Å². The number of rotatable bonds is 4. The van der Waals surface area contributed by atoms with Gasteiger partial charge in [-0.15, -0.1) is 0 Å². The summed E-state index contributed by atoms with van der Waals surface area (Å²) in [6.45, 7) is 10.8. The van der Waals surface area contributed by atoms with E-state index < -0.39 is 0 Å². The summed E-state index contributed by atoms with van der Waals surface area (Å²) in [5.41, 5.74) is 5.85. The largest absolute Gasteiger partial charge is 0.392 e. The van der Waals surface area contributed by atoms with Crippen molar-refractivity contribution in [3.8, 4) is 0 Å². The molecule has 16 heavy (non-hydrogen) atoms. The van der Waals surface area contributed by atoms with Crippen molar-refractivity contribution >= 4 is 0 Å². The van der Waals surface area contributed by atoms with Crippen LogP contribution in [0.1, 0.15) is 40.0 Å². The van der Waals surface area contributed by atoms with Gasteiger partial charge in [-0.05, 0) is 43.7 Å². The van der Waals surface area contributed by atoms with Gasteiger partial charge in [-0.3, -0.25) is 0 Å². The molecule has 1 unspecified atom stereocenters. The average Bonchev–Trinajstić information content (AvgIpc) is 2.25. The van der Waals surface area contributed by atoms with E-state index in [-0.39, 0.29) is 6.10 Å². The minimum atomic E-state index is -0.319. The highest BCUT2D eigenvalue weighted by atomic mass is 16.3. The lowest BCUT2D eigenvalue weighted by Crippen LogP contribution is -2.39. The van der Waals surface area contributed by atoms with Gasteiger partial charge in [0.2, 0.25) is 0 Å². The summed E-state index contributed by atoms with van der Waals surface area (Å²) >= 11 is 0. The molecule has 1 rings (SSSR count). The third kappa shape index (κ3) is 4.40. The molecule has 0 spiro atoms. The van der Waals surface area contributed by atoms with E-state index in [1.54, 1.807) is 0 Å². The molecule has 1 heterocycles. The van der Waals surface area contributed by atoms with Gasteiger partial charge in [-0.2, -0.15) is 0 Å². The summed E-state index contributed by atoms with van der Waals surface area (Å²) in [4.78, 5) is 2.46. The Labute approximate surface area is 100 Å². The van der Waals surface area contributed by atoms with Crippen LogP contribution in [0.5, 0.6) is 0 Å². The molecule has 3 N–H and O–H groups in total. The second-order valence-corrected chi connectivity index (χ2v) is 6.16. The first kappa shape index (κ1) is 13.9. The normalized spacial score (nSPS) is 22.3. The maximum Gasteiger partial charge on any atom is 0.0674 e. The summed E-state index contributed by atoms with van der Waals surface area (Å²) in [5.74, 6) is 0.850. The zero-order chi connectivity index (χ0) is 12.2. The number of hydrogen-bond acceptors (Lipinski definition) is 3. The van der Waals surface area contributed by atoms with Gasteiger partial charge in [-0.25, -0.2) is 0 Å². The molecular weight excluding hydrogens is 200 g/mol. The lowest BCUT2D eigenvalue weighted by Gasteiger charge is -2.39. The number of likely N-dealkylation sites (tertiary alicyclic amines) is 1. The Morgan fingerprint density at radius 3 is 2.31 bits per heavy atom. The first-order valence-corrected chi connectivity index (χ1v) is 6.54. The van der Waals surface area contributed by atoms with Crippen LogP contribution in [-0.4, -0.2) is 42.3 Å². The van der Waals surface area contributed by atoms with E-state index in [1.807, 2.05) is 0 Å². The highest BCUT2D eigenvalue weighted by molar-refractivity contribution is 4.80. The molecule has 0 amide bonds. The van der Waals surface area contributed by atoms with Crippen molar-refractivity contribution in [2.75, 3.05) is 26.2 Å². The van der Waals surface area contributed by atoms with Gasteiger partial charge in [0.25, 0.3) is 0 Å². The lowest BCUT2D eigenvalue weighted by molar-refractivity contribution is 0.0935. The van der Waals surface area contributed by atoms with Crippen LogP contribution in [0.4, 0.5) is 0 Å².